The predicted molar refractivity (Wildman–Crippen MR) is 81.5 cm³/mol. The van der Waals surface area contributed by atoms with Crippen LogP contribution in [0.1, 0.15) is 58.4 Å². The summed E-state index contributed by atoms with van der Waals surface area (Å²) < 4.78 is 2.01. The van der Waals surface area contributed by atoms with E-state index in [0.717, 1.165) is 13.0 Å². The maximum atomic E-state index is 9.54. The lowest BCUT2D eigenvalue weighted by Crippen LogP contribution is -2.36. The number of nitrogens with one attached hydrogen (secondary N) is 1. The summed E-state index contributed by atoms with van der Waals surface area (Å²) in [7, 11) is 0. The summed E-state index contributed by atoms with van der Waals surface area (Å²) in [6, 6.07) is 0.445. The highest BCUT2D eigenvalue weighted by Gasteiger charge is 2.22. The SMILES string of the molecule is CC(C)(C)n1cc(CNC2CCCCCC2CO)cn1. The number of hydrogen-bond donors (Lipinski definition) is 2. The van der Waals surface area contributed by atoms with Crippen molar-refractivity contribution in [2.45, 2.75) is 71.0 Å². The normalized spacial score (nSPS) is 24.6. The molecule has 1 aromatic rings. The number of nitrogens with zero attached hydrogens (tertiary/aromatic N) is 2. The van der Waals surface area contributed by atoms with Crippen molar-refractivity contribution in [3.05, 3.63) is 18.0 Å². The van der Waals surface area contributed by atoms with E-state index in [1.54, 1.807) is 0 Å². The Morgan fingerprint density at radius 1 is 1.30 bits per heavy atom. The Morgan fingerprint density at radius 2 is 2.05 bits per heavy atom. The molecule has 1 fully saturated rings. The molecule has 4 heteroatoms. The quantitative estimate of drug-likeness (QED) is 0.833. The van der Waals surface area contributed by atoms with E-state index in [0.29, 0.717) is 18.6 Å². The third-order valence-electron chi connectivity index (χ3n) is 4.29. The lowest BCUT2D eigenvalue weighted by molar-refractivity contribution is 0.181. The molecular formula is C16H29N3O. The fraction of sp³-hybridized carbons (Fsp3) is 0.812. The van der Waals surface area contributed by atoms with E-state index in [1.807, 2.05) is 10.9 Å². The van der Waals surface area contributed by atoms with Crippen molar-refractivity contribution in [2.24, 2.45) is 5.92 Å². The van der Waals surface area contributed by atoms with Crippen LogP contribution in [0.5, 0.6) is 0 Å². The second-order valence-corrected chi connectivity index (χ2v) is 7.03. The standard InChI is InChI=1S/C16H29N3O/c1-16(2,3)19-11-13(10-18-19)9-17-15-8-6-4-5-7-14(15)12-20/h10-11,14-15,17,20H,4-9,12H2,1-3H3. The van der Waals surface area contributed by atoms with Crippen molar-refractivity contribution in [3.8, 4) is 0 Å². The maximum absolute atomic E-state index is 9.54. The molecule has 0 spiro atoms. The minimum atomic E-state index is 0.0359. The zero-order chi connectivity index (χ0) is 14.6. The average Bonchev–Trinajstić information content (AvgIpc) is 2.76. The Balaban J connectivity index is 1.91. The van der Waals surface area contributed by atoms with Crippen molar-refractivity contribution < 1.29 is 5.11 Å². The van der Waals surface area contributed by atoms with E-state index in [1.165, 1.54) is 31.2 Å². The van der Waals surface area contributed by atoms with Gasteiger partial charge in [0.25, 0.3) is 0 Å². The van der Waals surface area contributed by atoms with Gasteiger partial charge >= 0.3 is 0 Å². The highest BCUT2D eigenvalue weighted by molar-refractivity contribution is 5.05. The number of rotatable bonds is 4. The summed E-state index contributed by atoms with van der Waals surface area (Å²) in [5, 5.41) is 17.6. The van der Waals surface area contributed by atoms with E-state index in [-0.39, 0.29) is 5.54 Å². The van der Waals surface area contributed by atoms with E-state index in [2.05, 4.69) is 37.4 Å². The van der Waals surface area contributed by atoms with Crippen LogP contribution < -0.4 is 5.32 Å². The van der Waals surface area contributed by atoms with Crippen LogP contribution in [0.25, 0.3) is 0 Å². The van der Waals surface area contributed by atoms with Gasteiger partial charge in [-0.2, -0.15) is 5.10 Å². The van der Waals surface area contributed by atoms with E-state index >= 15 is 0 Å². The maximum Gasteiger partial charge on any atom is 0.0543 e. The first kappa shape index (κ1) is 15.5. The average molecular weight is 279 g/mol. The van der Waals surface area contributed by atoms with E-state index in [9.17, 15) is 5.11 Å². The molecule has 1 saturated carbocycles. The summed E-state index contributed by atoms with van der Waals surface area (Å²) in [5.74, 6) is 0.412. The molecule has 2 atom stereocenters. The van der Waals surface area contributed by atoms with Crippen LogP contribution >= 0.6 is 0 Å². The van der Waals surface area contributed by atoms with Gasteiger partial charge in [-0.25, -0.2) is 0 Å². The molecule has 0 aliphatic heterocycles. The smallest absolute Gasteiger partial charge is 0.0543 e. The Labute approximate surface area is 122 Å². The van der Waals surface area contributed by atoms with Gasteiger partial charge in [-0.3, -0.25) is 4.68 Å². The summed E-state index contributed by atoms with van der Waals surface area (Å²) in [5.41, 5.74) is 1.26. The zero-order valence-electron chi connectivity index (χ0n) is 13.1. The fourth-order valence-corrected chi connectivity index (χ4v) is 2.94. The highest BCUT2D eigenvalue weighted by Crippen LogP contribution is 2.23. The number of aliphatic hydroxyl groups is 1. The van der Waals surface area contributed by atoms with Crippen molar-refractivity contribution in [2.75, 3.05) is 6.61 Å². The van der Waals surface area contributed by atoms with Crippen LogP contribution in [0.2, 0.25) is 0 Å². The monoisotopic (exact) mass is 279 g/mol. The minimum Gasteiger partial charge on any atom is -0.396 e. The first-order chi connectivity index (χ1) is 9.50. The molecule has 0 bridgehead atoms. The van der Waals surface area contributed by atoms with Gasteiger partial charge in [-0.1, -0.05) is 19.3 Å². The summed E-state index contributed by atoms with van der Waals surface area (Å²) in [6.07, 6.45) is 10.2. The molecule has 2 unspecified atom stereocenters. The lowest BCUT2D eigenvalue weighted by atomic mass is 9.95. The molecule has 0 radical (unpaired) electrons. The minimum absolute atomic E-state index is 0.0359. The molecule has 1 aromatic heterocycles. The largest absolute Gasteiger partial charge is 0.396 e. The molecule has 0 amide bonds. The van der Waals surface area contributed by atoms with E-state index in [4.69, 9.17) is 0 Å². The molecule has 1 aliphatic rings. The molecule has 0 saturated heterocycles. The van der Waals surface area contributed by atoms with Crippen LogP contribution in [-0.4, -0.2) is 27.5 Å². The second kappa shape index (κ2) is 6.72. The Morgan fingerprint density at radius 3 is 2.70 bits per heavy atom. The topological polar surface area (TPSA) is 50.1 Å². The van der Waals surface area contributed by atoms with Gasteiger partial charge in [-0.15, -0.1) is 0 Å². The van der Waals surface area contributed by atoms with Crippen LogP contribution in [0.15, 0.2) is 12.4 Å². The number of aliphatic hydroxyl groups excluding tert-OH is 1. The van der Waals surface area contributed by atoms with Crippen LogP contribution in [0, 0.1) is 5.92 Å². The second-order valence-electron chi connectivity index (χ2n) is 7.03. The zero-order valence-corrected chi connectivity index (χ0v) is 13.1. The Kier molecular flexibility index (Phi) is 5.22. The number of aromatic nitrogens is 2. The summed E-state index contributed by atoms with van der Waals surface area (Å²) in [6.45, 7) is 7.62. The third-order valence-corrected chi connectivity index (χ3v) is 4.29. The molecule has 1 heterocycles. The molecule has 2 rings (SSSR count). The number of hydrogen-bond acceptors (Lipinski definition) is 3. The van der Waals surface area contributed by atoms with Crippen LogP contribution in [-0.2, 0) is 12.1 Å². The molecule has 1 aliphatic carbocycles. The van der Waals surface area contributed by atoms with Gasteiger partial charge in [0, 0.05) is 31.0 Å². The Hall–Kier alpha value is -0.870. The van der Waals surface area contributed by atoms with Gasteiger partial charge < -0.3 is 10.4 Å². The summed E-state index contributed by atoms with van der Waals surface area (Å²) in [4.78, 5) is 0. The predicted octanol–water partition coefficient (Wildman–Crippen LogP) is 2.67. The lowest BCUT2D eigenvalue weighted by Gasteiger charge is -2.24. The first-order valence-corrected chi connectivity index (χ1v) is 7.89. The Bertz CT molecular complexity index is 408. The molecule has 2 N–H and O–H groups in total. The van der Waals surface area contributed by atoms with Crippen molar-refractivity contribution in [1.82, 2.24) is 15.1 Å². The third kappa shape index (κ3) is 4.06. The van der Waals surface area contributed by atoms with Crippen molar-refractivity contribution in [1.29, 1.82) is 0 Å². The molecule has 4 nitrogen and oxygen atoms in total. The van der Waals surface area contributed by atoms with Gasteiger partial charge in [0.1, 0.15) is 0 Å². The van der Waals surface area contributed by atoms with Gasteiger partial charge in [-0.05, 0) is 39.5 Å². The first-order valence-electron chi connectivity index (χ1n) is 7.89. The fourth-order valence-electron chi connectivity index (χ4n) is 2.94. The summed E-state index contributed by atoms with van der Waals surface area (Å²) >= 11 is 0. The molecule has 114 valence electrons. The van der Waals surface area contributed by atoms with Gasteiger partial charge in [0.2, 0.25) is 0 Å². The molecular weight excluding hydrogens is 250 g/mol. The van der Waals surface area contributed by atoms with Gasteiger partial charge in [0.15, 0.2) is 0 Å². The van der Waals surface area contributed by atoms with E-state index < -0.39 is 0 Å². The van der Waals surface area contributed by atoms with Crippen LogP contribution in [0.4, 0.5) is 0 Å². The van der Waals surface area contributed by atoms with Crippen LogP contribution in [0.3, 0.4) is 0 Å². The molecule has 20 heavy (non-hydrogen) atoms. The van der Waals surface area contributed by atoms with Crippen molar-refractivity contribution >= 4 is 0 Å². The highest BCUT2D eigenvalue weighted by atomic mass is 16.3. The van der Waals surface area contributed by atoms with Crippen molar-refractivity contribution in [3.63, 3.8) is 0 Å². The molecule has 0 aromatic carbocycles. The van der Waals surface area contributed by atoms with Gasteiger partial charge in [0.05, 0.1) is 11.7 Å².